The molecule has 28 heteroatoms. The number of benzene rings is 2. The van der Waals surface area contributed by atoms with E-state index in [-0.39, 0.29) is 65.8 Å². The lowest BCUT2D eigenvalue weighted by Gasteiger charge is -2.44. The predicted octanol–water partition coefficient (Wildman–Crippen LogP) is 15.2. The van der Waals surface area contributed by atoms with Gasteiger partial charge in [-0.25, -0.2) is 43.0 Å². The van der Waals surface area contributed by atoms with Gasteiger partial charge >= 0.3 is 17.1 Å². The summed E-state index contributed by atoms with van der Waals surface area (Å²) >= 11 is 20.6. The van der Waals surface area contributed by atoms with E-state index < -0.39 is 17.1 Å². The Hall–Kier alpha value is -11.5. The summed E-state index contributed by atoms with van der Waals surface area (Å²) < 4.78 is 16.3. The predicted molar refractivity (Wildman–Crippen MR) is 475 cm³/mol. The lowest BCUT2D eigenvalue weighted by Crippen LogP contribution is -2.58. The molecule has 0 spiro atoms. The summed E-state index contributed by atoms with van der Waals surface area (Å²) in [5.74, 6) is 1.98. The normalized spacial score (nSPS) is 18.9. The van der Waals surface area contributed by atoms with Gasteiger partial charge in [-0.1, -0.05) is 136 Å². The number of carbonyl (C=O) groups excluding carboxylic acids is 3. The molecule has 3 saturated heterocycles. The van der Waals surface area contributed by atoms with Crippen molar-refractivity contribution < 1.29 is 23.9 Å². The number of rotatable bonds is 12. The molecule has 0 radical (unpaired) electrons. The van der Waals surface area contributed by atoms with Gasteiger partial charge in [0.1, 0.15) is 29.8 Å². The first kappa shape index (κ1) is 85.4. The van der Waals surface area contributed by atoms with E-state index in [4.69, 9.17) is 59.2 Å². The highest BCUT2D eigenvalue weighted by atomic mass is 35.5. The van der Waals surface area contributed by atoms with Crippen LogP contribution in [0.15, 0.2) is 167 Å². The molecule has 3 amide bonds. The van der Waals surface area contributed by atoms with Gasteiger partial charge in [0.15, 0.2) is 16.9 Å². The van der Waals surface area contributed by atoms with Crippen molar-refractivity contribution in [2.45, 2.75) is 158 Å². The molecular weight excluding hydrogens is 1570 g/mol. The van der Waals surface area contributed by atoms with E-state index in [9.17, 15) is 28.8 Å². The van der Waals surface area contributed by atoms with Crippen molar-refractivity contribution in [2.24, 2.45) is 0 Å². The third kappa shape index (κ3) is 17.1. The van der Waals surface area contributed by atoms with Gasteiger partial charge in [-0.3, -0.25) is 24.4 Å². The van der Waals surface area contributed by atoms with E-state index in [1.54, 1.807) is 40.8 Å². The lowest BCUT2D eigenvalue weighted by molar-refractivity contribution is -0.129. The third-order valence-electron chi connectivity index (χ3n) is 22.3. The number of amides is 3. The summed E-state index contributed by atoms with van der Waals surface area (Å²) in [7, 11) is 0. The minimum absolute atomic E-state index is 0.0674. The second kappa shape index (κ2) is 36.0. The minimum atomic E-state index is -0.438. The number of hydrogen-bond acceptors (Lipinski definition) is 19. The van der Waals surface area contributed by atoms with E-state index in [2.05, 4.69) is 73.2 Å². The zero-order valence-corrected chi connectivity index (χ0v) is 72.0. The second-order valence-electron chi connectivity index (χ2n) is 31.8. The summed E-state index contributed by atoms with van der Waals surface area (Å²) in [6.07, 6.45) is 16.7. The fourth-order valence-corrected chi connectivity index (χ4v) is 17.1. The topological polar surface area (TPSA) is 258 Å². The van der Waals surface area contributed by atoms with Crippen molar-refractivity contribution in [3.8, 4) is 34.1 Å². The fraction of sp³-hybridized carbons (Fsp3) is 0.363. The van der Waals surface area contributed by atoms with E-state index in [0.29, 0.717) is 177 Å². The maximum Gasteiger partial charge on any atom is 0.355 e. The molecule has 15 rings (SSSR count). The highest BCUT2D eigenvalue weighted by Crippen LogP contribution is 2.42. The first-order valence-corrected chi connectivity index (χ1v) is 41.3. The van der Waals surface area contributed by atoms with Crippen molar-refractivity contribution >= 4 is 115 Å². The summed E-state index contributed by atoms with van der Waals surface area (Å²) in [5.41, 5.74) is 11.0. The van der Waals surface area contributed by atoms with Crippen LogP contribution in [0.2, 0.25) is 15.1 Å². The summed E-state index contributed by atoms with van der Waals surface area (Å²) in [4.78, 5) is 129. The number of nitrogens with zero attached hydrogens (tertiary/aromatic N) is 17. The number of ether oxygens (including phenoxy) is 2. The Morgan fingerprint density at radius 2 is 0.950 bits per heavy atom. The zero-order chi connectivity index (χ0) is 85.3. The molecule has 0 aliphatic carbocycles. The standard InChI is InChI=1S/C32H30ClN5O3.C30H35ClN6O3.C29H35ClN6O2/c1-4-28(39)36-18-21(3)37(19-20(36)2)30-24-17-25(33)29-23-13-6-8-15-27(23)41-16-10-9-12-22-11-5-7-14-26(22)38(31(24)34-29)32(40)35-30;1-7-24(38)35-15-20(6)36(16-19(35)5)28-22-14-23(31)26(21-9-12-40-13-10-21)33-29(22)37(30(39)34-28)27-18(4)8-11-32-25(27)17(2)3;1-9-24(37)34-14-20(8)35(15-19(34)7)27-21-13-22(30)23(12-16(2)3)32-28(21)36(29(38)33-27)26-18(6)10-11-31-25(26)17(4)5/h4-11,13-15,17,20-21H,1,12,16,18-19H2,2-3H3;7-9,11,14,17,19-20H,1,10,12-13,15-16H2,2-6H3;9-13,17,19-20H,1,14-15H2,2-8H3/b10-9+;;. The Morgan fingerprint density at radius 3 is 1.42 bits per heavy atom. The maximum absolute atomic E-state index is 14.0. The number of pyridine rings is 5. The van der Waals surface area contributed by atoms with Crippen molar-refractivity contribution in [1.82, 2.24) is 68.3 Å². The number of hydrogen-bond donors (Lipinski definition) is 0. The molecule has 119 heavy (non-hydrogen) atoms. The van der Waals surface area contributed by atoms with Crippen LogP contribution in [0.4, 0.5) is 17.5 Å². The minimum Gasteiger partial charge on any atom is -0.489 e. The first-order valence-electron chi connectivity index (χ1n) is 40.2. The number of fused-ring (bicyclic) bond motifs is 7. The van der Waals surface area contributed by atoms with E-state index in [0.717, 1.165) is 44.8 Å². The number of anilines is 3. The van der Waals surface area contributed by atoms with Gasteiger partial charge in [-0.2, -0.15) is 15.0 Å². The molecule has 8 aromatic heterocycles. The average Bonchev–Trinajstić information content (AvgIpc) is 0.879. The number of aryl methyl sites for hydroxylation is 2. The monoisotopic (exact) mass is 1660 g/mol. The van der Waals surface area contributed by atoms with Crippen LogP contribution in [0.25, 0.3) is 73.1 Å². The molecule has 25 nitrogen and oxygen atoms in total. The van der Waals surface area contributed by atoms with Crippen LogP contribution in [-0.4, -0.2) is 181 Å². The van der Waals surface area contributed by atoms with Crippen LogP contribution in [0.3, 0.4) is 0 Å². The Morgan fingerprint density at radius 1 is 0.513 bits per heavy atom. The van der Waals surface area contributed by atoms with Gasteiger partial charge in [0.05, 0.1) is 90.0 Å². The van der Waals surface area contributed by atoms with Crippen molar-refractivity contribution in [3.05, 3.63) is 239 Å². The Balaban J connectivity index is 0.000000155. The molecule has 5 aliphatic rings. The van der Waals surface area contributed by atoms with Crippen LogP contribution < -0.4 is 36.5 Å². The van der Waals surface area contributed by atoms with Gasteiger partial charge in [-0.05, 0) is 189 Å². The third-order valence-corrected chi connectivity index (χ3v) is 23.2. The molecule has 618 valence electrons. The summed E-state index contributed by atoms with van der Waals surface area (Å²) in [6.45, 7) is 43.4. The van der Waals surface area contributed by atoms with Crippen LogP contribution in [0.1, 0.15) is 141 Å². The van der Waals surface area contributed by atoms with E-state index in [1.807, 2.05) is 186 Å². The molecule has 6 atom stereocenters. The average molecular weight is 1670 g/mol. The Kier molecular flexibility index (Phi) is 25.8. The highest BCUT2D eigenvalue weighted by molar-refractivity contribution is 6.34. The van der Waals surface area contributed by atoms with Crippen molar-refractivity contribution in [3.63, 3.8) is 0 Å². The smallest absolute Gasteiger partial charge is 0.355 e. The number of halogens is 3. The van der Waals surface area contributed by atoms with Crippen molar-refractivity contribution in [2.75, 3.05) is 73.8 Å². The molecule has 3 fully saturated rings. The van der Waals surface area contributed by atoms with Crippen LogP contribution >= 0.6 is 34.8 Å². The van der Waals surface area contributed by atoms with Crippen LogP contribution in [0.5, 0.6) is 5.75 Å². The number of piperazine rings is 3. The Labute approximate surface area is 707 Å². The maximum atomic E-state index is 14.0. The number of aromatic nitrogens is 11. The van der Waals surface area contributed by atoms with Gasteiger partial charge in [-0.15, -0.1) is 0 Å². The molecule has 2 aromatic carbocycles. The second-order valence-corrected chi connectivity index (χ2v) is 33.0. The van der Waals surface area contributed by atoms with Gasteiger partial charge in [0.25, 0.3) is 0 Å². The van der Waals surface area contributed by atoms with Gasteiger partial charge in [0, 0.05) is 93.5 Å². The summed E-state index contributed by atoms with van der Waals surface area (Å²) in [6, 6.07) is 24.1. The first-order chi connectivity index (χ1) is 56.9. The SMILES string of the molecule is C=CC(=O)N1CC(C)N(c2nc(=O)n(-c3c(C)ccnc3C(C)C)c3nc(C4=CCOCC4)c(Cl)cc23)CC1C.C=CC(=O)N1CC(C)N(c2nc(=O)n(-c3c(C)ccnc3C(C)C)c3nc(C=C(C)C)c(Cl)cc23)CC1C.C=CC(=O)N1CC(C)N(c2nc(=O)n3c4nc(c(Cl)cc24)-c2ccccc2OC/C=C/Cc2ccccc2-3)CC1C. The van der Waals surface area contributed by atoms with E-state index in [1.165, 1.54) is 18.2 Å². The molecule has 0 saturated carbocycles. The van der Waals surface area contributed by atoms with Gasteiger partial charge in [0.2, 0.25) is 17.7 Å². The fourth-order valence-electron chi connectivity index (χ4n) is 16.4. The number of allylic oxidation sites excluding steroid dienone is 2. The number of para-hydroxylation sites is 2. The molecule has 10 aromatic rings. The number of carbonyl (C=O) groups is 3. The van der Waals surface area contributed by atoms with Gasteiger partial charge < -0.3 is 38.9 Å². The van der Waals surface area contributed by atoms with E-state index >= 15 is 0 Å². The Bertz CT molecular complexity index is 5990. The van der Waals surface area contributed by atoms with Crippen LogP contribution in [0, 0.1) is 13.8 Å². The largest absolute Gasteiger partial charge is 0.489 e. The van der Waals surface area contributed by atoms with Crippen LogP contribution in [-0.2, 0) is 25.5 Å². The molecule has 6 unspecified atom stereocenters. The molecule has 0 N–H and O–H groups in total. The zero-order valence-electron chi connectivity index (χ0n) is 69.7. The molecule has 5 aliphatic heterocycles. The molecule has 13 heterocycles. The molecule has 2 bridgehead atoms. The highest BCUT2D eigenvalue weighted by Gasteiger charge is 2.39. The summed E-state index contributed by atoms with van der Waals surface area (Å²) in [5, 5.41) is 3.37. The lowest BCUT2D eigenvalue weighted by atomic mass is 10.0. The molecular formula is C91H100Cl3N17O8. The quantitative estimate of drug-likeness (QED) is 0.0813. The van der Waals surface area contributed by atoms with Crippen molar-refractivity contribution in [1.29, 1.82) is 0 Å².